The third kappa shape index (κ3) is 3.27. The van der Waals surface area contributed by atoms with Crippen LogP contribution in [0, 0.1) is 5.82 Å². The topological polar surface area (TPSA) is 106 Å². The largest absolute Gasteiger partial charge is 0.449 e. The first kappa shape index (κ1) is 19.4. The Morgan fingerprint density at radius 2 is 2.00 bits per heavy atom. The van der Waals surface area contributed by atoms with E-state index in [1.54, 1.807) is 30.5 Å². The molecule has 5 rings (SSSR count). The summed E-state index contributed by atoms with van der Waals surface area (Å²) in [6.07, 6.45) is 5.37. The Morgan fingerprint density at radius 1 is 1.19 bits per heavy atom. The van der Waals surface area contributed by atoms with Gasteiger partial charge in [0, 0.05) is 11.8 Å². The van der Waals surface area contributed by atoms with Crippen molar-refractivity contribution < 1.29 is 23.8 Å². The van der Waals surface area contributed by atoms with Crippen LogP contribution in [0.5, 0.6) is 0 Å². The van der Waals surface area contributed by atoms with Crippen LogP contribution in [0.15, 0.2) is 55.0 Å². The van der Waals surface area contributed by atoms with Gasteiger partial charge in [-0.15, -0.1) is 0 Å². The molecule has 3 heterocycles. The molecule has 1 amide bonds. The predicted molar refractivity (Wildman–Crippen MR) is 107 cm³/mol. The maximum absolute atomic E-state index is 13.4. The fourth-order valence-corrected chi connectivity index (χ4v) is 4.28. The summed E-state index contributed by atoms with van der Waals surface area (Å²) in [5, 5.41) is 17.8. The van der Waals surface area contributed by atoms with Crippen LogP contribution in [0.2, 0.25) is 0 Å². The summed E-state index contributed by atoms with van der Waals surface area (Å²) in [6, 6.07) is 9.45. The molecular weight excluding hydrogens is 403 g/mol. The lowest BCUT2D eigenvalue weighted by atomic mass is 9.73. The Morgan fingerprint density at radius 3 is 2.77 bits per heavy atom. The van der Waals surface area contributed by atoms with Gasteiger partial charge in [0.1, 0.15) is 17.0 Å². The Balaban J connectivity index is 1.29. The second-order valence-corrected chi connectivity index (χ2v) is 7.92. The highest BCUT2D eigenvalue weighted by Crippen LogP contribution is 2.48. The number of esters is 1. The van der Waals surface area contributed by atoms with Gasteiger partial charge in [-0.05, 0) is 49.9 Å². The summed E-state index contributed by atoms with van der Waals surface area (Å²) in [5.41, 5.74) is -0.570. The Kier molecular flexibility index (Phi) is 4.37. The number of amides is 1. The van der Waals surface area contributed by atoms with Gasteiger partial charge in [0.2, 0.25) is 0 Å². The average molecular weight is 422 g/mol. The number of ether oxygens (including phenoxy) is 1. The van der Waals surface area contributed by atoms with Gasteiger partial charge >= 0.3 is 5.97 Å². The number of hydrogen-bond donors (Lipinski definition) is 2. The van der Waals surface area contributed by atoms with Crippen molar-refractivity contribution in [3.63, 3.8) is 0 Å². The molecule has 0 unspecified atom stereocenters. The van der Waals surface area contributed by atoms with Crippen LogP contribution in [-0.4, -0.2) is 37.3 Å². The van der Waals surface area contributed by atoms with Gasteiger partial charge in [0.25, 0.3) is 5.91 Å². The van der Waals surface area contributed by atoms with Gasteiger partial charge in [0.05, 0.1) is 23.8 Å². The highest BCUT2D eigenvalue weighted by atomic mass is 19.1. The third-order valence-corrected chi connectivity index (χ3v) is 6.00. The van der Waals surface area contributed by atoms with E-state index in [9.17, 15) is 19.1 Å². The maximum Gasteiger partial charge on any atom is 0.358 e. The molecule has 1 aromatic carbocycles. The zero-order chi connectivity index (χ0) is 21.6. The minimum absolute atomic E-state index is 0.123. The number of hydrogen-bond acceptors (Lipinski definition) is 6. The van der Waals surface area contributed by atoms with Crippen LogP contribution in [0.1, 0.15) is 41.7 Å². The molecule has 3 aromatic rings. The highest BCUT2D eigenvalue weighted by molar-refractivity contribution is 5.97. The normalized spacial score (nSPS) is 24.6. The van der Waals surface area contributed by atoms with E-state index in [2.05, 4.69) is 15.4 Å². The number of benzene rings is 1. The summed E-state index contributed by atoms with van der Waals surface area (Å²) in [6.45, 7) is 0. The van der Waals surface area contributed by atoms with Gasteiger partial charge in [-0.1, -0.05) is 12.1 Å². The average Bonchev–Trinajstić information content (AvgIpc) is 3.34. The molecule has 31 heavy (non-hydrogen) atoms. The summed E-state index contributed by atoms with van der Waals surface area (Å²) in [5.74, 6) is -1.43. The molecule has 2 aromatic heterocycles. The number of halogens is 1. The number of anilines is 1. The molecule has 1 saturated carbocycles. The fourth-order valence-electron chi connectivity index (χ4n) is 4.28. The number of aromatic nitrogens is 3. The van der Waals surface area contributed by atoms with Crippen LogP contribution in [0.3, 0.4) is 0 Å². The lowest BCUT2D eigenvalue weighted by Crippen LogP contribution is -2.49. The van der Waals surface area contributed by atoms with E-state index in [0.717, 1.165) is 0 Å². The lowest BCUT2D eigenvalue weighted by molar-refractivity contribution is -0.144. The van der Waals surface area contributed by atoms with Crippen molar-refractivity contribution in [3.8, 4) is 5.69 Å². The summed E-state index contributed by atoms with van der Waals surface area (Å²) in [4.78, 5) is 29.1. The van der Waals surface area contributed by atoms with Gasteiger partial charge in [-0.2, -0.15) is 5.10 Å². The summed E-state index contributed by atoms with van der Waals surface area (Å²) in [7, 11) is 0. The van der Waals surface area contributed by atoms with E-state index in [-0.39, 0.29) is 12.8 Å². The van der Waals surface area contributed by atoms with Crippen LogP contribution < -0.4 is 5.32 Å². The molecule has 158 valence electrons. The van der Waals surface area contributed by atoms with E-state index in [1.165, 1.54) is 29.2 Å². The maximum atomic E-state index is 13.4. The van der Waals surface area contributed by atoms with Crippen molar-refractivity contribution in [2.45, 2.75) is 36.9 Å². The van der Waals surface area contributed by atoms with Crippen LogP contribution >= 0.6 is 0 Å². The van der Waals surface area contributed by atoms with Crippen molar-refractivity contribution in [2.75, 3.05) is 5.32 Å². The van der Waals surface area contributed by atoms with E-state index >= 15 is 0 Å². The molecule has 1 fully saturated rings. The first-order valence-electron chi connectivity index (χ1n) is 9.92. The van der Waals surface area contributed by atoms with E-state index in [4.69, 9.17) is 4.74 Å². The highest BCUT2D eigenvalue weighted by Gasteiger charge is 2.53. The lowest BCUT2D eigenvalue weighted by Gasteiger charge is -2.40. The van der Waals surface area contributed by atoms with Crippen molar-refractivity contribution in [1.82, 2.24) is 14.8 Å². The number of rotatable bonds is 3. The number of aliphatic hydroxyl groups is 1. The molecule has 0 bridgehead atoms. The second kappa shape index (κ2) is 6.98. The number of carbonyl (C=O) groups is 2. The van der Waals surface area contributed by atoms with Gasteiger partial charge in [0.15, 0.2) is 5.69 Å². The minimum atomic E-state index is -1.61. The Bertz CT molecular complexity index is 1180. The molecule has 1 aliphatic carbocycles. The van der Waals surface area contributed by atoms with Crippen molar-refractivity contribution in [2.24, 2.45) is 0 Å². The number of pyridine rings is 1. The minimum Gasteiger partial charge on any atom is -0.449 e. The molecule has 0 atom stereocenters. The number of nitrogens with zero attached hydrogens (tertiary/aromatic N) is 3. The Hall–Kier alpha value is -3.59. The molecule has 2 N–H and O–H groups in total. The standard InChI is InChI=1S/C22H19FN4O4/c23-14-3-1-4-16(11-14)27-13-15(12-25-27)26-20(29)21(30)6-8-22(9-7-21)17-5-2-10-24-18(17)19(28)31-22/h1-5,10-13,30H,6-9H2,(H,26,29)/t21-,22-. The Labute approximate surface area is 176 Å². The molecule has 0 radical (unpaired) electrons. The molecule has 2 aliphatic rings. The molecular formula is C22H19FN4O4. The summed E-state index contributed by atoms with van der Waals surface area (Å²) >= 11 is 0. The van der Waals surface area contributed by atoms with Gasteiger partial charge in [-0.25, -0.2) is 18.9 Å². The fraction of sp³-hybridized carbons (Fsp3) is 0.273. The molecule has 1 spiro atoms. The van der Waals surface area contributed by atoms with E-state index in [0.29, 0.717) is 35.5 Å². The van der Waals surface area contributed by atoms with Crippen LogP contribution in [-0.2, 0) is 15.1 Å². The molecule has 1 aliphatic heterocycles. The van der Waals surface area contributed by atoms with Crippen LogP contribution in [0.25, 0.3) is 5.69 Å². The smallest absolute Gasteiger partial charge is 0.358 e. The van der Waals surface area contributed by atoms with Crippen molar-refractivity contribution >= 4 is 17.6 Å². The first-order chi connectivity index (χ1) is 14.9. The second-order valence-electron chi connectivity index (χ2n) is 7.92. The quantitative estimate of drug-likeness (QED) is 0.629. The zero-order valence-corrected chi connectivity index (χ0v) is 16.4. The monoisotopic (exact) mass is 422 g/mol. The van der Waals surface area contributed by atoms with E-state index < -0.39 is 28.9 Å². The molecule has 0 saturated heterocycles. The van der Waals surface area contributed by atoms with Crippen molar-refractivity contribution in [1.29, 1.82) is 0 Å². The van der Waals surface area contributed by atoms with Gasteiger partial charge in [-0.3, -0.25) is 4.79 Å². The van der Waals surface area contributed by atoms with Crippen LogP contribution in [0.4, 0.5) is 10.1 Å². The van der Waals surface area contributed by atoms with E-state index in [1.807, 2.05) is 0 Å². The molecule has 8 nitrogen and oxygen atoms in total. The predicted octanol–water partition coefficient (Wildman–Crippen LogP) is 2.72. The molecule has 9 heteroatoms. The SMILES string of the molecule is O=C1O[C@]2(CC[C@@](O)(C(=O)Nc3cnn(-c4cccc(F)c4)c3)CC2)c2cccnc21. The summed E-state index contributed by atoms with van der Waals surface area (Å²) < 4.78 is 20.5. The van der Waals surface area contributed by atoms with Gasteiger partial charge < -0.3 is 15.2 Å². The van der Waals surface area contributed by atoms with Crippen molar-refractivity contribution in [3.05, 3.63) is 72.1 Å². The first-order valence-corrected chi connectivity index (χ1v) is 9.92. The number of nitrogens with one attached hydrogen (secondary N) is 1. The third-order valence-electron chi connectivity index (χ3n) is 6.00. The zero-order valence-electron chi connectivity index (χ0n) is 16.4. The number of carbonyl (C=O) groups excluding carboxylic acids is 2. The number of fused-ring (bicyclic) bond motifs is 2.